The Hall–Kier alpha value is -0.860. The summed E-state index contributed by atoms with van der Waals surface area (Å²) < 4.78 is 5.07. The van der Waals surface area contributed by atoms with Crippen LogP contribution in [0.15, 0.2) is 30.3 Å². The zero-order chi connectivity index (χ0) is 11.8. The average Bonchev–Trinajstić information content (AvgIpc) is 2.27. The Bertz CT molecular complexity index is 273. The molecule has 1 aromatic rings. The highest BCUT2D eigenvalue weighted by Gasteiger charge is 2.07. The van der Waals surface area contributed by atoms with E-state index in [9.17, 15) is 0 Å². The van der Waals surface area contributed by atoms with Crippen molar-refractivity contribution >= 4 is 0 Å². The maximum Gasteiger partial charge on any atom is 0.0476 e. The molecule has 1 rings (SSSR count). The first-order valence-corrected chi connectivity index (χ1v) is 6.01. The van der Waals surface area contributed by atoms with E-state index >= 15 is 0 Å². The van der Waals surface area contributed by atoms with Gasteiger partial charge in [0.05, 0.1) is 0 Å². The summed E-state index contributed by atoms with van der Waals surface area (Å²) in [4.78, 5) is 0. The summed E-state index contributed by atoms with van der Waals surface area (Å²) in [6.45, 7) is 5.27. The van der Waals surface area contributed by atoms with Crippen LogP contribution in [0.4, 0.5) is 0 Å². The summed E-state index contributed by atoms with van der Waals surface area (Å²) in [6.07, 6.45) is 2.15. The van der Waals surface area contributed by atoms with Gasteiger partial charge in [-0.15, -0.1) is 0 Å². The third-order valence-corrected chi connectivity index (χ3v) is 2.71. The molecule has 2 unspecified atom stereocenters. The molecule has 0 saturated heterocycles. The molecule has 16 heavy (non-hydrogen) atoms. The molecule has 2 atom stereocenters. The second-order valence-corrected chi connectivity index (χ2v) is 4.44. The molecular weight excluding hydrogens is 198 g/mol. The van der Waals surface area contributed by atoms with E-state index in [1.165, 1.54) is 5.56 Å². The second kappa shape index (κ2) is 7.42. The molecule has 90 valence electrons. The molecule has 2 heteroatoms. The molecule has 1 N–H and O–H groups in total. The lowest BCUT2D eigenvalue weighted by atomic mass is 10.1. The van der Waals surface area contributed by atoms with Crippen molar-refractivity contribution in [2.75, 3.05) is 13.7 Å². The SMILES string of the molecule is COCCC(C)NC(C)Cc1ccccc1. The van der Waals surface area contributed by atoms with Gasteiger partial charge >= 0.3 is 0 Å². The van der Waals surface area contributed by atoms with Crippen molar-refractivity contribution in [2.24, 2.45) is 0 Å². The summed E-state index contributed by atoms with van der Waals surface area (Å²) in [5.41, 5.74) is 1.39. The Balaban J connectivity index is 2.27. The monoisotopic (exact) mass is 221 g/mol. The van der Waals surface area contributed by atoms with Crippen molar-refractivity contribution < 1.29 is 4.74 Å². The first-order valence-electron chi connectivity index (χ1n) is 6.01. The number of benzene rings is 1. The Labute approximate surface area is 99.0 Å². The van der Waals surface area contributed by atoms with Crippen molar-refractivity contribution in [1.29, 1.82) is 0 Å². The highest BCUT2D eigenvalue weighted by atomic mass is 16.5. The van der Waals surface area contributed by atoms with E-state index in [1.807, 2.05) is 0 Å². The maximum atomic E-state index is 5.07. The van der Waals surface area contributed by atoms with Crippen LogP contribution in [-0.4, -0.2) is 25.8 Å². The van der Waals surface area contributed by atoms with Gasteiger partial charge in [-0.25, -0.2) is 0 Å². The van der Waals surface area contributed by atoms with Crippen molar-refractivity contribution in [2.45, 2.75) is 38.8 Å². The second-order valence-electron chi connectivity index (χ2n) is 4.44. The molecule has 2 nitrogen and oxygen atoms in total. The van der Waals surface area contributed by atoms with Gasteiger partial charge in [0.15, 0.2) is 0 Å². The smallest absolute Gasteiger partial charge is 0.0476 e. The molecule has 0 amide bonds. The summed E-state index contributed by atoms with van der Waals surface area (Å²) in [5, 5.41) is 3.58. The summed E-state index contributed by atoms with van der Waals surface area (Å²) in [5.74, 6) is 0. The van der Waals surface area contributed by atoms with Gasteiger partial charge in [0.1, 0.15) is 0 Å². The number of ether oxygens (including phenoxy) is 1. The first kappa shape index (κ1) is 13.2. The van der Waals surface area contributed by atoms with Crippen LogP contribution in [0.1, 0.15) is 25.8 Å². The standard InChI is InChI=1S/C14H23NO/c1-12(9-10-16-3)15-13(2)11-14-7-5-4-6-8-14/h4-8,12-13,15H,9-11H2,1-3H3. The Morgan fingerprint density at radius 2 is 1.81 bits per heavy atom. The van der Waals surface area contributed by atoms with Crippen LogP contribution in [-0.2, 0) is 11.2 Å². The average molecular weight is 221 g/mol. The van der Waals surface area contributed by atoms with Gasteiger partial charge in [0, 0.05) is 25.8 Å². The molecule has 1 aromatic carbocycles. The Kier molecular flexibility index (Phi) is 6.12. The van der Waals surface area contributed by atoms with Gasteiger partial charge in [-0.2, -0.15) is 0 Å². The van der Waals surface area contributed by atoms with Crippen molar-refractivity contribution in [3.8, 4) is 0 Å². The first-order chi connectivity index (χ1) is 7.72. The van der Waals surface area contributed by atoms with Crippen molar-refractivity contribution in [1.82, 2.24) is 5.32 Å². The fraction of sp³-hybridized carbons (Fsp3) is 0.571. The van der Waals surface area contributed by atoms with Crippen LogP contribution in [0.2, 0.25) is 0 Å². The van der Waals surface area contributed by atoms with Crippen LogP contribution in [0.5, 0.6) is 0 Å². The van der Waals surface area contributed by atoms with Crippen LogP contribution >= 0.6 is 0 Å². The molecule has 0 fully saturated rings. The van der Waals surface area contributed by atoms with E-state index < -0.39 is 0 Å². The van der Waals surface area contributed by atoms with Gasteiger partial charge in [-0.3, -0.25) is 0 Å². The molecule has 0 saturated carbocycles. The zero-order valence-corrected chi connectivity index (χ0v) is 10.6. The molecule has 0 aliphatic heterocycles. The fourth-order valence-electron chi connectivity index (χ4n) is 1.89. The number of rotatable bonds is 7. The van der Waals surface area contributed by atoms with Gasteiger partial charge in [0.25, 0.3) is 0 Å². The lowest BCUT2D eigenvalue weighted by molar-refractivity contribution is 0.183. The van der Waals surface area contributed by atoms with Gasteiger partial charge in [0.2, 0.25) is 0 Å². The molecular formula is C14H23NO. The van der Waals surface area contributed by atoms with Crippen LogP contribution in [0.25, 0.3) is 0 Å². The topological polar surface area (TPSA) is 21.3 Å². The largest absolute Gasteiger partial charge is 0.385 e. The van der Waals surface area contributed by atoms with E-state index in [0.717, 1.165) is 19.4 Å². The fourth-order valence-corrected chi connectivity index (χ4v) is 1.89. The molecule has 0 aliphatic rings. The predicted octanol–water partition coefficient (Wildman–Crippen LogP) is 2.63. The van der Waals surface area contributed by atoms with Gasteiger partial charge < -0.3 is 10.1 Å². The Morgan fingerprint density at radius 1 is 1.12 bits per heavy atom. The molecule has 0 heterocycles. The lowest BCUT2D eigenvalue weighted by Gasteiger charge is -2.19. The number of nitrogens with one attached hydrogen (secondary N) is 1. The number of methoxy groups -OCH3 is 1. The number of hydrogen-bond acceptors (Lipinski definition) is 2. The van der Waals surface area contributed by atoms with Crippen molar-refractivity contribution in [3.63, 3.8) is 0 Å². The van der Waals surface area contributed by atoms with E-state index in [0.29, 0.717) is 12.1 Å². The summed E-state index contributed by atoms with van der Waals surface area (Å²) >= 11 is 0. The van der Waals surface area contributed by atoms with E-state index in [2.05, 4.69) is 49.5 Å². The van der Waals surface area contributed by atoms with E-state index in [4.69, 9.17) is 4.74 Å². The van der Waals surface area contributed by atoms with E-state index in [1.54, 1.807) is 7.11 Å². The zero-order valence-electron chi connectivity index (χ0n) is 10.6. The minimum absolute atomic E-state index is 0.509. The quantitative estimate of drug-likeness (QED) is 0.764. The third kappa shape index (κ3) is 5.29. The molecule has 0 aromatic heterocycles. The van der Waals surface area contributed by atoms with Crippen LogP contribution in [0, 0.1) is 0 Å². The van der Waals surface area contributed by atoms with Gasteiger partial charge in [-0.1, -0.05) is 30.3 Å². The summed E-state index contributed by atoms with van der Waals surface area (Å²) in [6, 6.07) is 11.6. The number of hydrogen-bond donors (Lipinski definition) is 1. The highest BCUT2D eigenvalue weighted by Crippen LogP contribution is 2.04. The molecule has 0 aliphatic carbocycles. The molecule has 0 radical (unpaired) electrons. The van der Waals surface area contributed by atoms with Crippen LogP contribution in [0.3, 0.4) is 0 Å². The molecule has 0 bridgehead atoms. The van der Waals surface area contributed by atoms with Crippen molar-refractivity contribution in [3.05, 3.63) is 35.9 Å². The van der Waals surface area contributed by atoms with Gasteiger partial charge in [-0.05, 0) is 32.3 Å². The third-order valence-electron chi connectivity index (χ3n) is 2.71. The maximum absolute atomic E-state index is 5.07. The normalized spacial score (nSPS) is 14.7. The Morgan fingerprint density at radius 3 is 2.44 bits per heavy atom. The molecule has 0 spiro atoms. The minimum atomic E-state index is 0.509. The lowest BCUT2D eigenvalue weighted by Crippen LogP contribution is -2.36. The van der Waals surface area contributed by atoms with E-state index in [-0.39, 0.29) is 0 Å². The summed E-state index contributed by atoms with van der Waals surface area (Å²) in [7, 11) is 1.75. The minimum Gasteiger partial charge on any atom is -0.385 e. The predicted molar refractivity (Wildman–Crippen MR) is 68.7 cm³/mol. The highest BCUT2D eigenvalue weighted by molar-refractivity contribution is 5.15. The van der Waals surface area contributed by atoms with Crippen LogP contribution < -0.4 is 5.32 Å².